The van der Waals surface area contributed by atoms with Crippen molar-refractivity contribution in [3.8, 4) is 11.1 Å². The first-order chi connectivity index (χ1) is 26.3. The fourth-order valence-corrected chi connectivity index (χ4v) is 5.46. The second kappa shape index (κ2) is 22.4. The molecule has 0 saturated carbocycles. The topological polar surface area (TPSA) is 293 Å². The minimum Gasteiger partial charge on any atom is -0.481 e. The molecular weight excluding hydrogens is 732 g/mol. The van der Waals surface area contributed by atoms with Gasteiger partial charge in [0.15, 0.2) is 28.4 Å². The van der Waals surface area contributed by atoms with Crippen molar-refractivity contribution in [3.05, 3.63) is 70.5 Å². The van der Waals surface area contributed by atoms with Crippen LogP contribution >= 0.6 is 11.6 Å². The van der Waals surface area contributed by atoms with E-state index in [-0.39, 0.29) is 53.6 Å². The number of methoxy groups -OCH3 is 1. The summed E-state index contributed by atoms with van der Waals surface area (Å²) in [5, 5.41) is 16.4. The number of hydrogen-bond donors (Lipinski definition) is 8. The molecule has 0 radical (unpaired) electrons. The van der Waals surface area contributed by atoms with E-state index in [9.17, 15) is 24.0 Å². The van der Waals surface area contributed by atoms with Crippen molar-refractivity contribution in [1.29, 1.82) is 0 Å². The first-order valence-electron chi connectivity index (χ1n) is 17.8. The van der Waals surface area contributed by atoms with Gasteiger partial charge < -0.3 is 43.4 Å². The van der Waals surface area contributed by atoms with E-state index >= 15 is 0 Å². The molecule has 3 rings (SSSR count). The molecule has 12 N–H and O–H groups in total. The number of unbranched alkanes of at least 4 members (excludes halogenated alkanes) is 2. The summed E-state index contributed by atoms with van der Waals surface area (Å²) in [5.41, 5.74) is 26.8. The quantitative estimate of drug-likeness (QED) is 0.0333. The molecule has 3 amide bonds. The van der Waals surface area contributed by atoms with Gasteiger partial charge in [-0.25, -0.2) is 14.8 Å². The summed E-state index contributed by atoms with van der Waals surface area (Å²) in [6, 6.07) is 14.5. The average Bonchev–Trinajstić information content (AvgIpc) is 3.16. The molecule has 55 heavy (non-hydrogen) atoms. The number of carboxylic acid groups (broad SMARTS) is 1. The number of aryl methyl sites for hydroxylation is 2. The second-order valence-electron chi connectivity index (χ2n) is 12.7. The fourth-order valence-electron chi connectivity index (χ4n) is 5.33. The molecule has 0 unspecified atom stereocenters. The molecule has 1 aromatic heterocycles. The molecule has 1 heterocycles. The molecule has 2 atom stereocenters. The Labute approximate surface area is 324 Å². The van der Waals surface area contributed by atoms with Gasteiger partial charge in [0.2, 0.25) is 11.8 Å². The minimum atomic E-state index is -1.02. The van der Waals surface area contributed by atoms with Crippen LogP contribution in [0.5, 0.6) is 0 Å². The van der Waals surface area contributed by atoms with Gasteiger partial charge in [0.1, 0.15) is 6.04 Å². The smallest absolute Gasteiger partial charge is 0.328 e. The Morgan fingerprint density at radius 1 is 0.855 bits per heavy atom. The molecule has 3 aromatic rings. The van der Waals surface area contributed by atoms with Crippen LogP contribution in [0, 0.1) is 0 Å². The van der Waals surface area contributed by atoms with E-state index in [2.05, 4.69) is 55.2 Å². The number of hydrogen-bond acceptors (Lipinski definition) is 12. The van der Waals surface area contributed by atoms with Gasteiger partial charge in [-0.3, -0.25) is 29.5 Å². The van der Waals surface area contributed by atoms with E-state index < -0.39 is 35.8 Å². The number of aliphatic carboxylic acids is 1. The van der Waals surface area contributed by atoms with Crippen LogP contribution in [0.1, 0.15) is 73.0 Å². The molecule has 0 bridgehead atoms. The van der Waals surface area contributed by atoms with Gasteiger partial charge in [0.25, 0.3) is 5.91 Å². The van der Waals surface area contributed by atoms with E-state index in [1.54, 1.807) is 0 Å². The molecule has 0 saturated heterocycles. The zero-order chi connectivity index (χ0) is 40.3. The van der Waals surface area contributed by atoms with Crippen LogP contribution < -0.4 is 38.9 Å². The Kier molecular flexibility index (Phi) is 17.8. The van der Waals surface area contributed by atoms with E-state index in [1.807, 2.05) is 24.3 Å². The summed E-state index contributed by atoms with van der Waals surface area (Å²) in [7, 11) is 1.26. The molecule has 0 spiro atoms. The van der Waals surface area contributed by atoms with Crippen LogP contribution in [-0.2, 0) is 36.8 Å². The minimum absolute atomic E-state index is 0.0411. The first kappa shape index (κ1) is 43.6. The molecule has 18 heteroatoms. The number of aliphatic imine (C=N–C) groups is 1. The Morgan fingerprint density at radius 2 is 1.49 bits per heavy atom. The van der Waals surface area contributed by atoms with Crippen LogP contribution in [0.4, 0.5) is 11.6 Å². The van der Waals surface area contributed by atoms with Crippen LogP contribution in [0.2, 0.25) is 5.15 Å². The summed E-state index contributed by atoms with van der Waals surface area (Å²) in [6.45, 7) is 0.713. The third kappa shape index (κ3) is 15.2. The van der Waals surface area contributed by atoms with E-state index in [4.69, 9.17) is 44.4 Å². The van der Waals surface area contributed by atoms with Crippen molar-refractivity contribution in [2.75, 3.05) is 31.7 Å². The van der Waals surface area contributed by atoms with Crippen molar-refractivity contribution in [3.63, 3.8) is 0 Å². The third-order valence-corrected chi connectivity index (χ3v) is 8.72. The van der Waals surface area contributed by atoms with Gasteiger partial charge in [-0.15, -0.1) is 0 Å². The molecule has 296 valence electrons. The lowest BCUT2D eigenvalue weighted by atomic mass is 9.99. The zero-order valence-corrected chi connectivity index (χ0v) is 31.4. The number of benzene rings is 2. The maximum Gasteiger partial charge on any atom is 0.328 e. The van der Waals surface area contributed by atoms with Crippen molar-refractivity contribution >= 4 is 58.9 Å². The molecule has 0 fully saturated rings. The van der Waals surface area contributed by atoms with Crippen molar-refractivity contribution < 1.29 is 33.8 Å². The van der Waals surface area contributed by atoms with Gasteiger partial charge in [-0.05, 0) is 73.6 Å². The Bertz CT molecular complexity index is 1810. The summed E-state index contributed by atoms with van der Waals surface area (Å²) in [5.74, 6) is -3.31. The maximum atomic E-state index is 12.7. The third-order valence-electron chi connectivity index (χ3n) is 8.44. The summed E-state index contributed by atoms with van der Waals surface area (Å²) in [6.07, 6.45) is 4.33. The number of carbonyl (C=O) groups is 5. The SMILES string of the molecule is COC(=O)[C@H](CCCCNC(=O)[C@@H](N)CCC(=O)O)NC(=O)CCc1ccc(-c2ccc(CCCCN=C(N)NC(=O)c3nc(Cl)c(N)nc3N)cc2)cc1. The van der Waals surface area contributed by atoms with Crippen LogP contribution in [-0.4, -0.2) is 83.0 Å². The Balaban J connectivity index is 1.36. The highest BCUT2D eigenvalue weighted by atomic mass is 35.5. The Morgan fingerprint density at radius 3 is 2.11 bits per heavy atom. The molecule has 2 aromatic carbocycles. The maximum absolute atomic E-state index is 12.7. The highest BCUT2D eigenvalue weighted by Gasteiger charge is 2.21. The predicted octanol–water partition coefficient (Wildman–Crippen LogP) is 2.10. The predicted molar refractivity (Wildman–Crippen MR) is 209 cm³/mol. The summed E-state index contributed by atoms with van der Waals surface area (Å²) >= 11 is 5.82. The van der Waals surface area contributed by atoms with Crippen molar-refractivity contribution in [1.82, 2.24) is 25.9 Å². The second-order valence-corrected chi connectivity index (χ2v) is 13.0. The fraction of sp³-hybridized carbons (Fsp3) is 0.405. The van der Waals surface area contributed by atoms with E-state index in [0.717, 1.165) is 41.5 Å². The van der Waals surface area contributed by atoms with Crippen LogP contribution in [0.3, 0.4) is 0 Å². The molecule has 17 nitrogen and oxygen atoms in total. The molecular formula is C37H49ClN10O7. The van der Waals surface area contributed by atoms with Crippen molar-refractivity contribution in [2.24, 2.45) is 16.5 Å². The van der Waals surface area contributed by atoms with Gasteiger partial charge in [0.05, 0.1) is 13.2 Å². The summed E-state index contributed by atoms with van der Waals surface area (Å²) < 4.78 is 4.86. The van der Waals surface area contributed by atoms with Gasteiger partial charge in [0, 0.05) is 25.9 Å². The number of carbonyl (C=O) groups excluding carboxylic acids is 4. The number of ether oxygens (including phenoxy) is 1. The van der Waals surface area contributed by atoms with Gasteiger partial charge in [-0.1, -0.05) is 60.1 Å². The number of nitrogen functional groups attached to an aromatic ring is 2. The highest BCUT2D eigenvalue weighted by molar-refractivity contribution is 6.31. The average molecular weight is 781 g/mol. The number of guanidine groups is 1. The summed E-state index contributed by atoms with van der Waals surface area (Å²) in [4.78, 5) is 71.8. The van der Waals surface area contributed by atoms with Crippen LogP contribution in [0.15, 0.2) is 53.5 Å². The molecule has 0 aliphatic heterocycles. The largest absolute Gasteiger partial charge is 0.481 e. The number of nitrogens with one attached hydrogen (secondary N) is 3. The number of carboxylic acids is 1. The number of halogens is 1. The highest BCUT2D eigenvalue weighted by Crippen LogP contribution is 2.22. The normalized spacial score (nSPS) is 12.3. The molecule has 0 aliphatic rings. The number of aromatic nitrogens is 2. The number of anilines is 2. The number of nitrogens with two attached hydrogens (primary N) is 4. The van der Waals surface area contributed by atoms with Crippen molar-refractivity contribution in [2.45, 2.75) is 76.3 Å². The number of rotatable bonds is 21. The van der Waals surface area contributed by atoms with Gasteiger partial charge in [-0.2, -0.15) is 0 Å². The Hall–Kier alpha value is -5.81. The first-order valence-corrected chi connectivity index (χ1v) is 18.2. The van der Waals surface area contributed by atoms with Crippen LogP contribution in [0.25, 0.3) is 11.1 Å². The molecule has 0 aliphatic carbocycles. The lowest BCUT2D eigenvalue weighted by Gasteiger charge is -2.17. The number of amides is 3. The van der Waals surface area contributed by atoms with E-state index in [0.29, 0.717) is 38.8 Å². The monoisotopic (exact) mass is 780 g/mol. The zero-order valence-electron chi connectivity index (χ0n) is 30.7. The van der Waals surface area contributed by atoms with E-state index in [1.165, 1.54) is 7.11 Å². The lowest BCUT2D eigenvalue weighted by Crippen LogP contribution is -2.42. The lowest BCUT2D eigenvalue weighted by molar-refractivity contribution is -0.145. The standard InChI is InChI=1S/C37H49ClN10O7/c1-55-36(54)27(7-3-5-20-43-34(52)26(39)17-19-29(50)51)45-28(49)18-12-23-10-15-25(16-11-23)24-13-8-22(9-14-24)6-2-4-21-44-37(42)48-35(53)30-32(40)47-33(41)31(38)46-30/h8-11,13-16,26-27H,2-7,12,17-21,39H2,1H3,(H,43,52)(H,45,49)(H,50,51)(H4,40,41,47)(H3,42,44,48,53)/t26-,27-/m0/s1. The number of nitrogens with zero attached hydrogens (tertiary/aromatic N) is 3. The number of esters is 1. The van der Waals surface area contributed by atoms with Gasteiger partial charge >= 0.3 is 11.9 Å².